The van der Waals surface area contributed by atoms with Crippen LogP contribution < -0.4 is 11.1 Å². The minimum absolute atomic E-state index is 0.0347. The largest absolute Gasteiger partial charge is 0.383 e. The van der Waals surface area contributed by atoms with Gasteiger partial charge in [-0.2, -0.15) is 0 Å². The number of rotatable bonds is 5. The number of aryl methyl sites for hydroxylation is 1. The Balaban J connectivity index is 1.56. The molecule has 0 spiro atoms. The lowest BCUT2D eigenvalue weighted by Gasteiger charge is -2.15. The van der Waals surface area contributed by atoms with Crippen LogP contribution >= 0.6 is 0 Å². The van der Waals surface area contributed by atoms with Crippen LogP contribution in [0, 0.1) is 0 Å². The van der Waals surface area contributed by atoms with Gasteiger partial charge in [-0.05, 0) is 43.0 Å². The second-order valence-electron chi connectivity index (χ2n) is 8.51. The molecule has 5 rings (SSSR count). The van der Waals surface area contributed by atoms with Gasteiger partial charge in [-0.1, -0.05) is 18.7 Å². The molecule has 3 heterocycles. The van der Waals surface area contributed by atoms with Gasteiger partial charge in [0.15, 0.2) is 0 Å². The molecule has 8 heteroatoms. The van der Waals surface area contributed by atoms with E-state index in [1.165, 1.54) is 12.4 Å². The third-order valence-electron chi connectivity index (χ3n) is 6.51. The number of nitrogen functional groups attached to an aromatic ring is 1. The van der Waals surface area contributed by atoms with Gasteiger partial charge in [0, 0.05) is 48.9 Å². The van der Waals surface area contributed by atoms with Crippen molar-refractivity contribution in [3.63, 3.8) is 0 Å². The second kappa shape index (κ2) is 7.78. The molecule has 2 amide bonds. The number of nitrogens with zero attached hydrogens (tertiary/aromatic N) is 4. The molecular formula is C24H26N6O2. The number of hydrogen-bond donors (Lipinski definition) is 2. The number of likely N-dealkylation sites (tertiary alicyclic amines) is 1. The summed E-state index contributed by atoms with van der Waals surface area (Å²) in [5, 5.41) is 3.78. The van der Waals surface area contributed by atoms with E-state index in [0.717, 1.165) is 60.2 Å². The van der Waals surface area contributed by atoms with E-state index >= 15 is 0 Å². The van der Waals surface area contributed by atoms with Gasteiger partial charge >= 0.3 is 0 Å². The van der Waals surface area contributed by atoms with Crippen molar-refractivity contribution in [2.75, 3.05) is 18.8 Å². The van der Waals surface area contributed by atoms with Crippen molar-refractivity contribution in [2.24, 2.45) is 7.05 Å². The van der Waals surface area contributed by atoms with E-state index in [1.54, 1.807) is 0 Å². The summed E-state index contributed by atoms with van der Waals surface area (Å²) in [5.41, 5.74) is 10.7. The minimum Gasteiger partial charge on any atom is -0.383 e. The normalized spacial score (nSPS) is 19.8. The zero-order chi connectivity index (χ0) is 22.4. The fraction of sp³-hybridized carbons (Fsp3) is 0.333. The quantitative estimate of drug-likeness (QED) is 0.605. The van der Waals surface area contributed by atoms with Crippen molar-refractivity contribution in [2.45, 2.75) is 31.2 Å². The lowest BCUT2D eigenvalue weighted by atomic mass is 9.99. The lowest BCUT2D eigenvalue weighted by Crippen LogP contribution is -2.27. The van der Waals surface area contributed by atoms with Crippen LogP contribution in [-0.4, -0.2) is 50.4 Å². The topological polar surface area (TPSA) is 106 Å². The van der Waals surface area contributed by atoms with Crippen molar-refractivity contribution < 1.29 is 9.59 Å². The molecule has 2 aromatic heterocycles. The molecule has 2 fully saturated rings. The number of nitrogens with two attached hydrogens (primary N) is 1. The molecule has 2 aliphatic rings. The van der Waals surface area contributed by atoms with Crippen LogP contribution in [0.4, 0.5) is 5.82 Å². The number of nitrogens with one attached hydrogen (secondary N) is 1. The molecule has 1 aliphatic heterocycles. The van der Waals surface area contributed by atoms with Gasteiger partial charge in [-0.3, -0.25) is 9.59 Å². The summed E-state index contributed by atoms with van der Waals surface area (Å²) >= 11 is 0. The Morgan fingerprint density at radius 1 is 1.19 bits per heavy atom. The van der Waals surface area contributed by atoms with E-state index in [-0.39, 0.29) is 23.8 Å². The van der Waals surface area contributed by atoms with Crippen LogP contribution in [0.1, 0.15) is 41.2 Å². The molecule has 3 N–H and O–H groups in total. The third-order valence-corrected chi connectivity index (χ3v) is 6.51. The maximum atomic E-state index is 12.8. The van der Waals surface area contributed by atoms with E-state index in [0.29, 0.717) is 11.4 Å². The predicted octanol–water partition coefficient (Wildman–Crippen LogP) is 2.61. The molecule has 0 bridgehead atoms. The average Bonchev–Trinajstić information content (AvgIpc) is 3.21. The number of carbonyl (C=O) groups excluding carboxylic acids is 2. The summed E-state index contributed by atoms with van der Waals surface area (Å²) in [6.07, 6.45) is 5.71. The molecule has 1 aliphatic carbocycles. The van der Waals surface area contributed by atoms with Gasteiger partial charge in [0.2, 0.25) is 5.91 Å². The number of benzene rings is 1. The number of aromatic nitrogens is 3. The molecule has 3 aromatic rings. The van der Waals surface area contributed by atoms with Gasteiger partial charge in [-0.15, -0.1) is 0 Å². The van der Waals surface area contributed by atoms with Crippen LogP contribution in [0.15, 0.2) is 43.2 Å². The first-order chi connectivity index (χ1) is 15.5. The number of anilines is 1. The molecule has 1 saturated carbocycles. The summed E-state index contributed by atoms with van der Waals surface area (Å²) in [7, 11) is 1.96. The molecule has 0 radical (unpaired) electrons. The number of carbonyl (C=O) groups is 2. The van der Waals surface area contributed by atoms with Crippen molar-refractivity contribution >= 4 is 28.7 Å². The fourth-order valence-corrected chi connectivity index (χ4v) is 4.80. The second-order valence-corrected chi connectivity index (χ2v) is 8.51. The first-order valence-electron chi connectivity index (χ1n) is 10.9. The standard InChI is InChI=1S/C24H26N6O2/c1-3-18(31)28-17-12-16(17)21-19(20-22(25)26-13-27-23(20)29(21)2)14-6-8-15(9-7-14)24(32)30-10-4-5-11-30/h3,6-9,13,16-17H,1,4-5,10-12H2,2H3,(H,28,31)(H2,25,26,27). The van der Waals surface area contributed by atoms with Gasteiger partial charge in [0.1, 0.15) is 17.8 Å². The Morgan fingerprint density at radius 2 is 1.91 bits per heavy atom. The Kier molecular flexibility index (Phi) is 4.92. The smallest absolute Gasteiger partial charge is 0.253 e. The molecule has 32 heavy (non-hydrogen) atoms. The van der Waals surface area contributed by atoms with E-state index < -0.39 is 0 Å². The molecule has 8 nitrogen and oxygen atoms in total. The zero-order valence-electron chi connectivity index (χ0n) is 18.0. The van der Waals surface area contributed by atoms with E-state index in [4.69, 9.17) is 5.73 Å². The lowest BCUT2D eigenvalue weighted by molar-refractivity contribution is -0.116. The molecule has 1 saturated heterocycles. The zero-order valence-corrected chi connectivity index (χ0v) is 18.0. The summed E-state index contributed by atoms with van der Waals surface area (Å²) in [6, 6.07) is 7.72. The molecular weight excluding hydrogens is 404 g/mol. The van der Waals surface area contributed by atoms with Crippen molar-refractivity contribution in [1.82, 2.24) is 24.8 Å². The highest BCUT2D eigenvalue weighted by Gasteiger charge is 2.43. The molecule has 2 atom stereocenters. The minimum atomic E-state index is -0.179. The highest BCUT2D eigenvalue weighted by molar-refractivity contribution is 6.03. The monoisotopic (exact) mass is 430 g/mol. The Bertz CT molecular complexity index is 1220. The maximum absolute atomic E-state index is 12.8. The SMILES string of the molecule is C=CC(=O)NC1CC1c1c(-c2ccc(C(=O)N3CCCC3)cc2)c2c(N)ncnc2n1C. The van der Waals surface area contributed by atoms with Crippen LogP contribution in [0.2, 0.25) is 0 Å². The number of fused-ring (bicyclic) bond motifs is 1. The van der Waals surface area contributed by atoms with Crippen molar-refractivity contribution in [3.05, 3.63) is 54.5 Å². The third kappa shape index (κ3) is 3.32. The Labute approximate surface area is 186 Å². The maximum Gasteiger partial charge on any atom is 0.253 e. The first kappa shape index (κ1) is 20.2. The van der Waals surface area contributed by atoms with E-state index in [2.05, 4.69) is 21.9 Å². The van der Waals surface area contributed by atoms with Crippen molar-refractivity contribution in [1.29, 1.82) is 0 Å². The summed E-state index contributed by atoms with van der Waals surface area (Å²) in [6.45, 7) is 5.18. The number of amides is 2. The highest BCUT2D eigenvalue weighted by atomic mass is 16.2. The van der Waals surface area contributed by atoms with Gasteiger partial charge in [0.25, 0.3) is 5.91 Å². The molecule has 1 aromatic carbocycles. The van der Waals surface area contributed by atoms with E-state index in [1.807, 2.05) is 40.8 Å². The summed E-state index contributed by atoms with van der Waals surface area (Å²) in [4.78, 5) is 35.1. The van der Waals surface area contributed by atoms with Gasteiger partial charge in [-0.25, -0.2) is 9.97 Å². The average molecular weight is 431 g/mol. The first-order valence-corrected chi connectivity index (χ1v) is 10.9. The molecule has 2 unspecified atom stereocenters. The Hall–Kier alpha value is -3.68. The predicted molar refractivity (Wildman–Crippen MR) is 123 cm³/mol. The van der Waals surface area contributed by atoms with E-state index in [9.17, 15) is 9.59 Å². The van der Waals surface area contributed by atoms with Gasteiger partial charge < -0.3 is 20.5 Å². The van der Waals surface area contributed by atoms with Crippen LogP contribution in [0.3, 0.4) is 0 Å². The summed E-state index contributed by atoms with van der Waals surface area (Å²) in [5.74, 6) is 0.445. The molecule has 164 valence electrons. The van der Waals surface area contributed by atoms with Crippen LogP contribution in [0.25, 0.3) is 22.2 Å². The number of hydrogen-bond acceptors (Lipinski definition) is 5. The summed E-state index contributed by atoms with van der Waals surface area (Å²) < 4.78 is 2.04. The fourth-order valence-electron chi connectivity index (χ4n) is 4.80. The van der Waals surface area contributed by atoms with Crippen LogP contribution in [-0.2, 0) is 11.8 Å². The van der Waals surface area contributed by atoms with Crippen LogP contribution in [0.5, 0.6) is 0 Å². The highest BCUT2D eigenvalue weighted by Crippen LogP contribution is 2.48. The van der Waals surface area contributed by atoms with Gasteiger partial charge in [0.05, 0.1) is 5.39 Å². The van der Waals surface area contributed by atoms with Crippen molar-refractivity contribution in [3.8, 4) is 11.1 Å². The Morgan fingerprint density at radius 3 is 2.59 bits per heavy atom.